The van der Waals surface area contributed by atoms with Crippen LogP contribution in [0.4, 0.5) is 0 Å². The second-order valence-electron chi connectivity index (χ2n) is 2.13. The Kier molecular flexibility index (Phi) is 2.55. The molecule has 0 fully saturated rings. The Labute approximate surface area is 65.7 Å². The van der Waals surface area contributed by atoms with Gasteiger partial charge in [0.15, 0.2) is 0 Å². The van der Waals surface area contributed by atoms with Gasteiger partial charge >= 0.3 is 0 Å². The van der Waals surface area contributed by atoms with Gasteiger partial charge in [-0.1, -0.05) is 12.1 Å². The number of methoxy groups -OCH3 is 1. The van der Waals surface area contributed by atoms with E-state index in [0.29, 0.717) is 0 Å². The van der Waals surface area contributed by atoms with E-state index in [4.69, 9.17) is 9.84 Å². The van der Waals surface area contributed by atoms with Crippen LogP contribution >= 0.6 is 0 Å². The Morgan fingerprint density at radius 1 is 1.27 bits per heavy atom. The molecule has 0 aliphatic carbocycles. The molecule has 0 unspecified atom stereocenters. The topological polar surface area (TPSA) is 29.5 Å². The molecule has 0 saturated heterocycles. The van der Waals surface area contributed by atoms with E-state index in [0.717, 1.165) is 5.56 Å². The highest BCUT2D eigenvalue weighted by molar-refractivity contribution is 5.49. The van der Waals surface area contributed by atoms with Gasteiger partial charge in [0.25, 0.3) is 0 Å². The maximum absolute atomic E-state index is 8.93. The summed E-state index contributed by atoms with van der Waals surface area (Å²) in [7, 11) is 1.59. The van der Waals surface area contributed by atoms with Gasteiger partial charge in [-0.2, -0.15) is 0 Å². The molecule has 2 heteroatoms. The lowest BCUT2D eigenvalue weighted by Crippen LogP contribution is -1.71. The van der Waals surface area contributed by atoms with Crippen molar-refractivity contribution in [3.05, 3.63) is 36.1 Å². The van der Waals surface area contributed by atoms with Gasteiger partial charge in [0.05, 0.1) is 13.4 Å². The standard InChI is InChI=1S/C9H10O2/c1-11-7-6-8-2-4-9(10)5-3-8/h2-7,10H,1H3/b7-6+. The molecular formula is C9H10O2. The van der Waals surface area contributed by atoms with Crippen molar-refractivity contribution in [1.29, 1.82) is 0 Å². The summed E-state index contributed by atoms with van der Waals surface area (Å²) in [5.41, 5.74) is 1.00. The lowest BCUT2D eigenvalue weighted by Gasteiger charge is -1.92. The number of phenolic OH excluding ortho intramolecular Hbond substituents is 1. The summed E-state index contributed by atoms with van der Waals surface area (Å²) < 4.78 is 4.73. The summed E-state index contributed by atoms with van der Waals surface area (Å²) in [6, 6.07) is 6.89. The summed E-state index contributed by atoms with van der Waals surface area (Å²) in [6.45, 7) is 0. The molecule has 1 aromatic rings. The molecule has 1 N–H and O–H groups in total. The number of hydrogen-bond acceptors (Lipinski definition) is 2. The van der Waals surface area contributed by atoms with Gasteiger partial charge < -0.3 is 9.84 Å². The Hall–Kier alpha value is -1.44. The van der Waals surface area contributed by atoms with Crippen LogP contribution in [-0.4, -0.2) is 12.2 Å². The summed E-state index contributed by atoms with van der Waals surface area (Å²) in [4.78, 5) is 0. The molecule has 1 rings (SSSR count). The zero-order chi connectivity index (χ0) is 8.10. The predicted molar refractivity (Wildman–Crippen MR) is 44.1 cm³/mol. The zero-order valence-electron chi connectivity index (χ0n) is 6.32. The molecule has 58 valence electrons. The minimum atomic E-state index is 0.277. The van der Waals surface area contributed by atoms with E-state index in [1.165, 1.54) is 0 Å². The van der Waals surface area contributed by atoms with Crippen molar-refractivity contribution < 1.29 is 9.84 Å². The van der Waals surface area contributed by atoms with Gasteiger partial charge in [-0.25, -0.2) is 0 Å². The van der Waals surface area contributed by atoms with Gasteiger partial charge in [0, 0.05) is 0 Å². The maximum atomic E-state index is 8.93. The van der Waals surface area contributed by atoms with Crippen molar-refractivity contribution in [3.8, 4) is 5.75 Å². The van der Waals surface area contributed by atoms with Crippen molar-refractivity contribution in [3.63, 3.8) is 0 Å². The van der Waals surface area contributed by atoms with Crippen LogP contribution in [0.2, 0.25) is 0 Å². The van der Waals surface area contributed by atoms with Crippen LogP contribution in [0, 0.1) is 0 Å². The van der Waals surface area contributed by atoms with Crippen LogP contribution in [0.15, 0.2) is 30.5 Å². The third-order valence-electron chi connectivity index (χ3n) is 1.29. The predicted octanol–water partition coefficient (Wildman–Crippen LogP) is 2.01. The molecule has 0 saturated carbocycles. The summed E-state index contributed by atoms with van der Waals surface area (Å²) in [5, 5.41) is 8.93. The van der Waals surface area contributed by atoms with Crippen molar-refractivity contribution in [1.82, 2.24) is 0 Å². The van der Waals surface area contributed by atoms with Crippen molar-refractivity contribution in [2.75, 3.05) is 7.11 Å². The molecule has 0 amide bonds. The van der Waals surface area contributed by atoms with Gasteiger partial charge in [-0.05, 0) is 23.8 Å². The van der Waals surface area contributed by atoms with E-state index in [1.807, 2.05) is 18.2 Å². The van der Waals surface area contributed by atoms with Gasteiger partial charge in [0.2, 0.25) is 0 Å². The van der Waals surface area contributed by atoms with E-state index in [9.17, 15) is 0 Å². The van der Waals surface area contributed by atoms with Gasteiger partial charge in [-0.3, -0.25) is 0 Å². The lowest BCUT2D eigenvalue weighted by atomic mass is 10.2. The zero-order valence-corrected chi connectivity index (χ0v) is 6.32. The number of ether oxygens (including phenoxy) is 1. The largest absolute Gasteiger partial charge is 0.508 e. The first-order valence-corrected chi connectivity index (χ1v) is 3.31. The highest BCUT2D eigenvalue weighted by Crippen LogP contribution is 2.10. The normalized spacial score (nSPS) is 10.3. The number of aromatic hydroxyl groups is 1. The fourth-order valence-corrected chi connectivity index (χ4v) is 0.732. The molecule has 0 bridgehead atoms. The molecule has 0 aliphatic heterocycles. The van der Waals surface area contributed by atoms with E-state index in [-0.39, 0.29) is 5.75 Å². The van der Waals surface area contributed by atoms with Gasteiger partial charge in [0.1, 0.15) is 5.75 Å². The summed E-state index contributed by atoms with van der Waals surface area (Å²) in [5.74, 6) is 0.277. The average molecular weight is 150 g/mol. The number of phenols is 1. The van der Waals surface area contributed by atoms with Crippen LogP contribution in [0.3, 0.4) is 0 Å². The fourth-order valence-electron chi connectivity index (χ4n) is 0.732. The van der Waals surface area contributed by atoms with Crippen LogP contribution in [-0.2, 0) is 4.74 Å². The molecule has 0 atom stereocenters. The highest BCUT2D eigenvalue weighted by Gasteiger charge is 1.86. The first-order valence-electron chi connectivity index (χ1n) is 3.31. The second kappa shape index (κ2) is 3.66. The second-order valence-corrected chi connectivity index (χ2v) is 2.13. The number of benzene rings is 1. The minimum Gasteiger partial charge on any atom is -0.508 e. The summed E-state index contributed by atoms with van der Waals surface area (Å²) >= 11 is 0. The third-order valence-corrected chi connectivity index (χ3v) is 1.29. The van der Waals surface area contributed by atoms with Gasteiger partial charge in [-0.15, -0.1) is 0 Å². The lowest BCUT2D eigenvalue weighted by molar-refractivity contribution is 0.341. The Balaban J connectivity index is 2.73. The van der Waals surface area contributed by atoms with E-state index in [1.54, 1.807) is 25.5 Å². The Bertz CT molecular complexity index is 236. The Morgan fingerprint density at radius 2 is 1.91 bits per heavy atom. The fraction of sp³-hybridized carbons (Fsp3) is 0.111. The molecule has 0 heterocycles. The number of rotatable bonds is 2. The monoisotopic (exact) mass is 150 g/mol. The molecule has 1 aromatic carbocycles. The molecular weight excluding hydrogens is 140 g/mol. The maximum Gasteiger partial charge on any atom is 0.115 e. The molecule has 0 aromatic heterocycles. The Morgan fingerprint density at radius 3 is 2.45 bits per heavy atom. The first-order chi connectivity index (χ1) is 5.33. The van der Waals surface area contributed by atoms with E-state index < -0.39 is 0 Å². The quantitative estimate of drug-likeness (QED) is 0.653. The smallest absolute Gasteiger partial charge is 0.115 e. The van der Waals surface area contributed by atoms with Crippen molar-refractivity contribution in [2.24, 2.45) is 0 Å². The highest BCUT2D eigenvalue weighted by atomic mass is 16.5. The molecule has 0 spiro atoms. The van der Waals surface area contributed by atoms with Crippen LogP contribution in [0.5, 0.6) is 5.75 Å². The summed E-state index contributed by atoms with van der Waals surface area (Å²) in [6.07, 6.45) is 3.41. The molecule has 0 radical (unpaired) electrons. The van der Waals surface area contributed by atoms with Crippen LogP contribution in [0.1, 0.15) is 5.56 Å². The number of hydrogen-bond donors (Lipinski definition) is 1. The van der Waals surface area contributed by atoms with E-state index >= 15 is 0 Å². The van der Waals surface area contributed by atoms with Crippen LogP contribution in [0.25, 0.3) is 6.08 Å². The van der Waals surface area contributed by atoms with Crippen molar-refractivity contribution in [2.45, 2.75) is 0 Å². The SMILES string of the molecule is CO/C=C/c1ccc(O)cc1. The molecule has 0 aliphatic rings. The minimum absolute atomic E-state index is 0.277. The molecule has 2 nitrogen and oxygen atoms in total. The van der Waals surface area contributed by atoms with Crippen LogP contribution < -0.4 is 0 Å². The average Bonchev–Trinajstić information content (AvgIpc) is 2.04. The van der Waals surface area contributed by atoms with Crippen molar-refractivity contribution >= 4 is 6.08 Å². The third kappa shape index (κ3) is 2.34. The van der Waals surface area contributed by atoms with E-state index in [2.05, 4.69) is 0 Å². The first kappa shape index (κ1) is 7.66. The molecule has 11 heavy (non-hydrogen) atoms.